The zero-order valence-corrected chi connectivity index (χ0v) is 17.6. The van der Waals surface area contributed by atoms with Gasteiger partial charge in [-0.05, 0) is 29.8 Å². The van der Waals surface area contributed by atoms with Gasteiger partial charge in [0.25, 0.3) is 5.91 Å². The molecule has 2 aromatic carbocycles. The minimum Gasteiger partial charge on any atom is -0.497 e. The molecule has 9 heteroatoms. The molecule has 0 radical (unpaired) electrons. The number of carbonyl (C=O) groups is 2. The summed E-state index contributed by atoms with van der Waals surface area (Å²) in [6.07, 6.45) is 0. The molecule has 2 amide bonds. The molecule has 0 unspecified atom stereocenters. The second-order valence-corrected chi connectivity index (χ2v) is 7.36. The van der Waals surface area contributed by atoms with Crippen molar-refractivity contribution in [1.29, 1.82) is 0 Å². The SMILES string of the molecule is COc1ccc(C(=O)NCc2nnc(SCC(=O)NCc3ccccc3)n2C)cc1. The predicted octanol–water partition coefficient (Wildman–Crippen LogP) is 2.16. The standard InChI is InChI=1S/C21H23N5O3S/c1-26-18(13-23-20(28)16-8-10-17(29-2)11-9-16)24-25-21(26)30-14-19(27)22-12-15-6-4-3-5-7-15/h3-11H,12-14H2,1-2H3,(H,22,27)(H,23,28). The second kappa shape index (κ2) is 10.4. The van der Waals surface area contributed by atoms with Gasteiger partial charge >= 0.3 is 0 Å². The molecule has 2 N–H and O–H groups in total. The maximum atomic E-state index is 12.3. The maximum absolute atomic E-state index is 12.3. The van der Waals surface area contributed by atoms with Crippen molar-refractivity contribution in [2.45, 2.75) is 18.2 Å². The van der Waals surface area contributed by atoms with Crippen LogP contribution in [0.2, 0.25) is 0 Å². The second-order valence-electron chi connectivity index (χ2n) is 6.42. The molecular weight excluding hydrogens is 402 g/mol. The Morgan fingerprint density at radius 1 is 1.00 bits per heavy atom. The third-order valence-corrected chi connectivity index (χ3v) is 5.37. The van der Waals surface area contributed by atoms with Crippen LogP contribution in [0.4, 0.5) is 0 Å². The summed E-state index contributed by atoms with van der Waals surface area (Å²) in [5.41, 5.74) is 1.58. The van der Waals surface area contributed by atoms with E-state index in [0.717, 1.165) is 5.56 Å². The third-order valence-electron chi connectivity index (χ3n) is 4.35. The van der Waals surface area contributed by atoms with Gasteiger partial charge in [-0.1, -0.05) is 42.1 Å². The van der Waals surface area contributed by atoms with E-state index in [9.17, 15) is 9.59 Å². The quantitative estimate of drug-likeness (QED) is 0.510. The highest BCUT2D eigenvalue weighted by Gasteiger charge is 2.13. The molecule has 1 heterocycles. The number of benzene rings is 2. The summed E-state index contributed by atoms with van der Waals surface area (Å²) in [5, 5.41) is 14.5. The van der Waals surface area contributed by atoms with E-state index in [1.165, 1.54) is 11.8 Å². The fourth-order valence-electron chi connectivity index (χ4n) is 2.61. The summed E-state index contributed by atoms with van der Waals surface area (Å²) >= 11 is 1.30. The number of amides is 2. The summed E-state index contributed by atoms with van der Waals surface area (Å²) in [6, 6.07) is 16.6. The molecule has 30 heavy (non-hydrogen) atoms. The molecule has 1 aromatic heterocycles. The lowest BCUT2D eigenvalue weighted by atomic mass is 10.2. The third kappa shape index (κ3) is 5.84. The van der Waals surface area contributed by atoms with Crippen LogP contribution in [-0.4, -0.2) is 39.4 Å². The molecule has 0 saturated heterocycles. The molecule has 0 fully saturated rings. The van der Waals surface area contributed by atoms with Gasteiger partial charge in [-0.25, -0.2) is 0 Å². The number of thioether (sulfide) groups is 1. The molecule has 0 bridgehead atoms. The Labute approximate surface area is 179 Å². The first-order valence-corrected chi connectivity index (χ1v) is 10.3. The molecule has 3 rings (SSSR count). The van der Waals surface area contributed by atoms with Crippen molar-refractivity contribution in [3.05, 3.63) is 71.5 Å². The minimum atomic E-state index is -0.213. The summed E-state index contributed by atoms with van der Waals surface area (Å²) in [4.78, 5) is 24.3. The lowest BCUT2D eigenvalue weighted by molar-refractivity contribution is -0.118. The molecule has 0 aliphatic rings. The lowest BCUT2D eigenvalue weighted by Gasteiger charge is -2.07. The van der Waals surface area contributed by atoms with E-state index >= 15 is 0 Å². The zero-order valence-electron chi connectivity index (χ0n) is 16.8. The van der Waals surface area contributed by atoms with Gasteiger partial charge in [-0.15, -0.1) is 10.2 Å². The Morgan fingerprint density at radius 2 is 1.73 bits per heavy atom. The van der Waals surface area contributed by atoms with Gasteiger partial charge in [0.05, 0.1) is 19.4 Å². The van der Waals surface area contributed by atoms with Crippen LogP contribution < -0.4 is 15.4 Å². The average molecular weight is 426 g/mol. The summed E-state index contributed by atoms with van der Waals surface area (Å²) in [6.45, 7) is 0.719. The fourth-order valence-corrected chi connectivity index (χ4v) is 3.37. The van der Waals surface area contributed by atoms with Gasteiger partial charge < -0.3 is 19.9 Å². The number of carbonyl (C=O) groups excluding carboxylic acids is 2. The topological polar surface area (TPSA) is 98.1 Å². The Hall–Kier alpha value is -3.33. The highest BCUT2D eigenvalue weighted by molar-refractivity contribution is 7.99. The first-order chi connectivity index (χ1) is 14.6. The number of aromatic nitrogens is 3. The molecule has 8 nitrogen and oxygen atoms in total. The maximum Gasteiger partial charge on any atom is 0.251 e. The number of hydrogen-bond acceptors (Lipinski definition) is 6. The molecule has 0 atom stereocenters. The van der Waals surface area contributed by atoms with Gasteiger partial charge in [-0.2, -0.15) is 0 Å². The summed E-state index contributed by atoms with van der Waals surface area (Å²) in [5.74, 6) is 1.23. The Balaban J connectivity index is 1.46. The van der Waals surface area contributed by atoms with Crippen molar-refractivity contribution >= 4 is 23.6 Å². The van der Waals surface area contributed by atoms with Crippen molar-refractivity contribution in [2.75, 3.05) is 12.9 Å². The number of hydrogen-bond donors (Lipinski definition) is 2. The van der Waals surface area contributed by atoms with Crippen molar-refractivity contribution in [1.82, 2.24) is 25.4 Å². The van der Waals surface area contributed by atoms with Gasteiger partial charge in [0.1, 0.15) is 5.75 Å². The smallest absolute Gasteiger partial charge is 0.251 e. The van der Waals surface area contributed by atoms with Crippen LogP contribution in [0, 0.1) is 0 Å². The number of rotatable bonds is 9. The monoisotopic (exact) mass is 425 g/mol. The van der Waals surface area contributed by atoms with E-state index in [1.54, 1.807) is 43.0 Å². The van der Waals surface area contributed by atoms with E-state index in [-0.39, 0.29) is 24.1 Å². The van der Waals surface area contributed by atoms with Crippen molar-refractivity contribution < 1.29 is 14.3 Å². The Bertz CT molecular complexity index is 990. The Morgan fingerprint density at radius 3 is 2.43 bits per heavy atom. The Kier molecular flexibility index (Phi) is 7.45. The number of nitrogens with zero attached hydrogens (tertiary/aromatic N) is 3. The average Bonchev–Trinajstić information content (AvgIpc) is 3.14. The van der Waals surface area contributed by atoms with E-state index in [0.29, 0.717) is 28.8 Å². The van der Waals surface area contributed by atoms with E-state index < -0.39 is 0 Å². The number of methoxy groups -OCH3 is 1. The fraction of sp³-hybridized carbons (Fsp3) is 0.238. The normalized spacial score (nSPS) is 10.5. The molecule has 3 aromatic rings. The van der Waals surface area contributed by atoms with Crippen LogP contribution in [0.1, 0.15) is 21.7 Å². The largest absolute Gasteiger partial charge is 0.497 e. The predicted molar refractivity (Wildman–Crippen MR) is 114 cm³/mol. The van der Waals surface area contributed by atoms with E-state index in [4.69, 9.17) is 4.74 Å². The molecule has 0 spiro atoms. The van der Waals surface area contributed by atoms with Gasteiger partial charge in [0, 0.05) is 19.2 Å². The summed E-state index contributed by atoms with van der Waals surface area (Å²) in [7, 11) is 3.38. The molecule has 0 aliphatic carbocycles. The number of nitrogens with one attached hydrogen (secondary N) is 2. The van der Waals surface area contributed by atoms with Gasteiger partial charge in [0.15, 0.2) is 11.0 Å². The molecule has 0 saturated carbocycles. The zero-order chi connectivity index (χ0) is 21.3. The van der Waals surface area contributed by atoms with Crippen LogP contribution in [0.3, 0.4) is 0 Å². The van der Waals surface area contributed by atoms with Crippen LogP contribution in [0.25, 0.3) is 0 Å². The van der Waals surface area contributed by atoms with Crippen LogP contribution in [0.15, 0.2) is 59.8 Å². The van der Waals surface area contributed by atoms with Gasteiger partial charge in [-0.3, -0.25) is 9.59 Å². The van der Waals surface area contributed by atoms with Crippen molar-refractivity contribution in [3.63, 3.8) is 0 Å². The van der Waals surface area contributed by atoms with Crippen LogP contribution in [-0.2, 0) is 24.9 Å². The number of ether oxygens (including phenoxy) is 1. The highest BCUT2D eigenvalue weighted by atomic mass is 32.2. The minimum absolute atomic E-state index is 0.0822. The first kappa shape index (κ1) is 21.4. The van der Waals surface area contributed by atoms with Crippen LogP contribution in [0.5, 0.6) is 5.75 Å². The van der Waals surface area contributed by atoms with E-state index in [2.05, 4.69) is 20.8 Å². The molecule has 0 aliphatic heterocycles. The molecule has 156 valence electrons. The van der Waals surface area contributed by atoms with Crippen LogP contribution >= 0.6 is 11.8 Å². The summed E-state index contributed by atoms with van der Waals surface area (Å²) < 4.78 is 6.86. The lowest BCUT2D eigenvalue weighted by Crippen LogP contribution is -2.25. The van der Waals surface area contributed by atoms with Crippen molar-refractivity contribution in [3.8, 4) is 5.75 Å². The van der Waals surface area contributed by atoms with Gasteiger partial charge in [0.2, 0.25) is 5.91 Å². The first-order valence-electron chi connectivity index (χ1n) is 9.30. The van der Waals surface area contributed by atoms with Crippen molar-refractivity contribution in [2.24, 2.45) is 7.05 Å². The molecular formula is C21H23N5O3S. The van der Waals surface area contributed by atoms with E-state index in [1.807, 2.05) is 30.3 Å². The highest BCUT2D eigenvalue weighted by Crippen LogP contribution is 2.16.